The molecule has 0 aliphatic heterocycles. The average molecular weight is 466 g/mol. The highest BCUT2D eigenvalue weighted by molar-refractivity contribution is 6.04. The lowest BCUT2D eigenvalue weighted by atomic mass is 9.97. The van der Waals surface area contributed by atoms with E-state index in [1.165, 1.54) is 24.6 Å². The van der Waals surface area contributed by atoms with Gasteiger partial charge in [0.05, 0.1) is 5.56 Å². The van der Waals surface area contributed by atoms with Crippen molar-refractivity contribution >= 4 is 17.6 Å². The maximum absolute atomic E-state index is 12.7. The van der Waals surface area contributed by atoms with E-state index < -0.39 is 17.6 Å². The summed E-state index contributed by atoms with van der Waals surface area (Å²) in [4.78, 5) is 22.5. The first-order chi connectivity index (χ1) is 15.1. The van der Waals surface area contributed by atoms with Crippen molar-refractivity contribution in [3.05, 3.63) is 64.7 Å². The van der Waals surface area contributed by atoms with Crippen molar-refractivity contribution in [2.45, 2.75) is 73.1 Å². The standard InChI is InChI=1S/C20H22F3NO.C6H12O2/c1-13(2)7-8-15-9-10-16(11-14(15)3)19(25)24-18-6-4-5-17(12-18)20(21,22)23;1-5(7)8-6(2,3)4/h4-6,9-13H,7-8H2,1-3H3,(H,24,25);1-4H3. The molecule has 2 aromatic rings. The topological polar surface area (TPSA) is 55.4 Å². The fourth-order valence-corrected chi connectivity index (χ4v) is 2.97. The van der Waals surface area contributed by atoms with Gasteiger partial charge in [-0.25, -0.2) is 0 Å². The second-order valence-corrected chi connectivity index (χ2v) is 9.31. The van der Waals surface area contributed by atoms with Gasteiger partial charge in [-0.3, -0.25) is 9.59 Å². The van der Waals surface area contributed by atoms with E-state index >= 15 is 0 Å². The quantitative estimate of drug-likeness (QED) is 0.475. The Labute approximate surface area is 194 Å². The van der Waals surface area contributed by atoms with Gasteiger partial charge >= 0.3 is 12.1 Å². The van der Waals surface area contributed by atoms with Crippen molar-refractivity contribution in [3.63, 3.8) is 0 Å². The number of carbonyl (C=O) groups is 2. The van der Waals surface area contributed by atoms with E-state index in [1.807, 2.05) is 33.8 Å². The Hall–Kier alpha value is -2.83. The molecule has 2 aromatic carbocycles. The second kappa shape index (κ2) is 11.9. The Kier molecular flexibility index (Phi) is 10.1. The first-order valence-corrected chi connectivity index (χ1v) is 10.9. The van der Waals surface area contributed by atoms with Crippen molar-refractivity contribution in [1.82, 2.24) is 0 Å². The van der Waals surface area contributed by atoms with E-state index in [0.29, 0.717) is 11.5 Å². The minimum atomic E-state index is -4.44. The molecule has 0 aromatic heterocycles. The molecular formula is C26H34F3NO3. The molecule has 0 saturated carbocycles. The third-order valence-electron chi connectivity index (χ3n) is 4.49. The zero-order chi connectivity index (χ0) is 25.4. The largest absolute Gasteiger partial charge is 0.460 e. The monoisotopic (exact) mass is 465 g/mol. The van der Waals surface area contributed by atoms with Gasteiger partial charge < -0.3 is 10.1 Å². The van der Waals surface area contributed by atoms with Gasteiger partial charge in [-0.05, 0) is 87.9 Å². The Bertz CT molecular complexity index is 945. The summed E-state index contributed by atoms with van der Waals surface area (Å²) in [6.07, 6.45) is -2.43. The van der Waals surface area contributed by atoms with Gasteiger partial charge in [0.15, 0.2) is 0 Å². The Balaban J connectivity index is 0.000000582. The van der Waals surface area contributed by atoms with Crippen LogP contribution in [0, 0.1) is 12.8 Å². The molecule has 2 rings (SSSR count). The lowest BCUT2D eigenvalue weighted by molar-refractivity contribution is -0.151. The van der Waals surface area contributed by atoms with Crippen LogP contribution in [0.4, 0.5) is 18.9 Å². The van der Waals surface area contributed by atoms with Gasteiger partial charge in [-0.1, -0.05) is 26.0 Å². The van der Waals surface area contributed by atoms with Crippen LogP contribution in [0.15, 0.2) is 42.5 Å². The first-order valence-electron chi connectivity index (χ1n) is 10.9. The van der Waals surface area contributed by atoms with E-state index in [9.17, 15) is 22.8 Å². The third-order valence-corrected chi connectivity index (χ3v) is 4.49. The number of benzene rings is 2. The van der Waals surface area contributed by atoms with Crippen molar-refractivity contribution in [2.75, 3.05) is 5.32 Å². The van der Waals surface area contributed by atoms with Crippen LogP contribution < -0.4 is 5.32 Å². The van der Waals surface area contributed by atoms with E-state index in [0.717, 1.165) is 30.5 Å². The van der Waals surface area contributed by atoms with Crippen molar-refractivity contribution in [2.24, 2.45) is 5.92 Å². The summed E-state index contributed by atoms with van der Waals surface area (Å²) in [5, 5.41) is 2.53. The number of halogens is 3. The molecule has 0 aliphatic rings. The molecule has 33 heavy (non-hydrogen) atoms. The number of nitrogens with one attached hydrogen (secondary N) is 1. The van der Waals surface area contributed by atoms with Gasteiger partial charge in [0.1, 0.15) is 5.60 Å². The number of alkyl halides is 3. The van der Waals surface area contributed by atoms with Crippen LogP contribution >= 0.6 is 0 Å². The summed E-state index contributed by atoms with van der Waals surface area (Å²) in [5.74, 6) is -0.0429. The minimum absolute atomic E-state index is 0.126. The van der Waals surface area contributed by atoms with Crippen molar-refractivity contribution in [3.8, 4) is 0 Å². The maximum Gasteiger partial charge on any atom is 0.416 e. The van der Waals surface area contributed by atoms with Crippen LogP contribution in [-0.2, 0) is 22.1 Å². The van der Waals surface area contributed by atoms with Gasteiger partial charge in [0, 0.05) is 18.2 Å². The second-order valence-electron chi connectivity index (χ2n) is 9.31. The molecule has 0 heterocycles. The molecule has 1 N–H and O–H groups in total. The summed E-state index contributed by atoms with van der Waals surface area (Å²) < 4.78 is 43.0. The number of aryl methyl sites for hydroxylation is 2. The predicted molar refractivity (Wildman–Crippen MR) is 125 cm³/mol. The normalized spacial score (nSPS) is 11.5. The molecule has 0 bridgehead atoms. The summed E-state index contributed by atoms with van der Waals surface area (Å²) in [6.45, 7) is 13.2. The van der Waals surface area contributed by atoms with Gasteiger partial charge in [0.2, 0.25) is 0 Å². The number of ether oxygens (including phenoxy) is 1. The van der Waals surface area contributed by atoms with E-state index in [4.69, 9.17) is 4.74 Å². The molecule has 4 nitrogen and oxygen atoms in total. The number of anilines is 1. The number of rotatable bonds is 5. The smallest absolute Gasteiger partial charge is 0.416 e. The first kappa shape index (κ1) is 28.2. The van der Waals surface area contributed by atoms with Crippen LogP contribution in [0.2, 0.25) is 0 Å². The zero-order valence-electron chi connectivity index (χ0n) is 20.4. The zero-order valence-corrected chi connectivity index (χ0v) is 20.4. The fourth-order valence-electron chi connectivity index (χ4n) is 2.97. The van der Waals surface area contributed by atoms with Gasteiger partial charge in [0.25, 0.3) is 5.91 Å². The Morgan fingerprint density at radius 2 is 1.67 bits per heavy atom. The Morgan fingerprint density at radius 3 is 2.12 bits per heavy atom. The summed E-state index contributed by atoms with van der Waals surface area (Å²) in [7, 11) is 0. The van der Waals surface area contributed by atoms with Crippen LogP contribution in [0.5, 0.6) is 0 Å². The summed E-state index contributed by atoms with van der Waals surface area (Å²) in [5.41, 5.74) is 1.64. The van der Waals surface area contributed by atoms with Crippen LogP contribution in [0.1, 0.15) is 75.0 Å². The molecule has 0 unspecified atom stereocenters. The molecule has 0 radical (unpaired) electrons. The SMILES string of the molecule is CC(=O)OC(C)(C)C.Cc1cc(C(=O)Nc2cccc(C(F)(F)F)c2)ccc1CCC(C)C. The molecule has 0 fully saturated rings. The molecule has 0 saturated heterocycles. The lowest BCUT2D eigenvalue weighted by Gasteiger charge is -2.17. The van der Waals surface area contributed by atoms with Crippen molar-refractivity contribution in [1.29, 1.82) is 0 Å². The summed E-state index contributed by atoms with van der Waals surface area (Å²) >= 11 is 0. The highest BCUT2D eigenvalue weighted by atomic mass is 19.4. The molecule has 182 valence electrons. The number of amides is 1. The van der Waals surface area contributed by atoms with Crippen LogP contribution in [0.3, 0.4) is 0 Å². The molecule has 7 heteroatoms. The predicted octanol–water partition coefficient (Wildman–Crippen LogP) is 7.20. The van der Waals surface area contributed by atoms with Gasteiger partial charge in [-0.15, -0.1) is 0 Å². The molecule has 1 amide bonds. The number of carbonyl (C=O) groups excluding carboxylic acids is 2. The molecule has 0 atom stereocenters. The van der Waals surface area contributed by atoms with E-state index in [-0.39, 0.29) is 17.3 Å². The van der Waals surface area contributed by atoms with E-state index in [1.54, 1.807) is 12.1 Å². The third kappa shape index (κ3) is 11.0. The maximum atomic E-state index is 12.7. The molecule has 0 aliphatic carbocycles. The highest BCUT2D eigenvalue weighted by Gasteiger charge is 2.30. The highest BCUT2D eigenvalue weighted by Crippen LogP contribution is 2.30. The molecule has 0 spiro atoms. The van der Waals surface area contributed by atoms with Crippen molar-refractivity contribution < 1.29 is 27.5 Å². The number of hydrogen-bond donors (Lipinski definition) is 1. The van der Waals surface area contributed by atoms with Crippen LogP contribution in [-0.4, -0.2) is 17.5 Å². The number of hydrogen-bond acceptors (Lipinski definition) is 3. The fraction of sp³-hybridized carbons (Fsp3) is 0.462. The minimum Gasteiger partial charge on any atom is -0.460 e. The van der Waals surface area contributed by atoms with Gasteiger partial charge in [-0.2, -0.15) is 13.2 Å². The number of esters is 1. The van der Waals surface area contributed by atoms with E-state index in [2.05, 4.69) is 19.2 Å². The van der Waals surface area contributed by atoms with Crippen LogP contribution in [0.25, 0.3) is 0 Å². The summed E-state index contributed by atoms with van der Waals surface area (Å²) in [6, 6.07) is 10.0. The molecular weight excluding hydrogens is 431 g/mol. The lowest BCUT2D eigenvalue weighted by Crippen LogP contribution is -2.21. The Morgan fingerprint density at radius 1 is 1.03 bits per heavy atom. The average Bonchev–Trinajstić information content (AvgIpc) is 2.65.